The maximum atomic E-state index is 6.05. The van der Waals surface area contributed by atoms with Crippen molar-refractivity contribution < 1.29 is 0 Å². The minimum atomic E-state index is 0.107. The van der Waals surface area contributed by atoms with Gasteiger partial charge in [-0.25, -0.2) is 14.5 Å². The van der Waals surface area contributed by atoms with Crippen LogP contribution in [-0.2, 0) is 0 Å². The molecular weight excluding hydrogens is 342 g/mol. The number of rotatable bonds is 4. The van der Waals surface area contributed by atoms with E-state index in [-0.39, 0.29) is 5.25 Å². The SMILES string of the molecule is CC(Sc1nc2ccccn2n1)c1ncc(-c2cccc(Cl)c2)[nH]1. The first kappa shape index (κ1) is 15.2. The second kappa shape index (κ2) is 6.30. The molecule has 120 valence electrons. The number of hydrogen-bond donors (Lipinski definition) is 1. The summed E-state index contributed by atoms with van der Waals surface area (Å²) in [6.07, 6.45) is 3.72. The molecule has 0 saturated carbocycles. The van der Waals surface area contributed by atoms with Gasteiger partial charge in [-0.2, -0.15) is 0 Å². The fourth-order valence-corrected chi connectivity index (χ4v) is 3.44. The van der Waals surface area contributed by atoms with Gasteiger partial charge in [-0.05, 0) is 31.2 Å². The monoisotopic (exact) mass is 355 g/mol. The van der Waals surface area contributed by atoms with E-state index in [9.17, 15) is 0 Å². The van der Waals surface area contributed by atoms with Crippen LogP contribution in [0.5, 0.6) is 0 Å². The highest BCUT2D eigenvalue weighted by atomic mass is 35.5. The summed E-state index contributed by atoms with van der Waals surface area (Å²) in [5.41, 5.74) is 2.80. The van der Waals surface area contributed by atoms with Gasteiger partial charge in [0.25, 0.3) is 0 Å². The Hall–Kier alpha value is -2.31. The molecule has 0 saturated heterocycles. The zero-order valence-corrected chi connectivity index (χ0v) is 14.4. The number of aromatic amines is 1. The van der Waals surface area contributed by atoms with Crippen molar-refractivity contribution in [2.45, 2.75) is 17.3 Å². The lowest BCUT2D eigenvalue weighted by Gasteiger charge is -2.04. The fraction of sp³-hybridized carbons (Fsp3) is 0.118. The Morgan fingerprint density at radius 1 is 1.21 bits per heavy atom. The largest absolute Gasteiger partial charge is 0.341 e. The number of nitrogens with zero attached hydrogens (tertiary/aromatic N) is 4. The van der Waals surface area contributed by atoms with Crippen molar-refractivity contribution in [3.05, 3.63) is 65.7 Å². The van der Waals surface area contributed by atoms with Crippen LogP contribution in [-0.4, -0.2) is 24.6 Å². The third-order valence-corrected chi connectivity index (χ3v) is 4.82. The van der Waals surface area contributed by atoms with E-state index in [1.807, 2.05) is 54.9 Å². The summed E-state index contributed by atoms with van der Waals surface area (Å²) in [6.45, 7) is 2.08. The summed E-state index contributed by atoms with van der Waals surface area (Å²) in [6, 6.07) is 13.5. The molecular formula is C17H14ClN5S. The van der Waals surface area contributed by atoms with Gasteiger partial charge in [0.15, 0.2) is 5.65 Å². The normalized spacial score (nSPS) is 12.6. The molecule has 0 aliphatic heterocycles. The summed E-state index contributed by atoms with van der Waals surface area (Å²) in [4.78, 5) is 12.4. The third-order valence-electron chi connectivity index (χ3n) is 3.62. The Morgan fingerprint density at radius 2 is 2.12 bits per heavy atom. The van der Waals surface area contributed by atoms with Gasteiger partial charge in [-0.1, -0.05) is 41.6 Å². The average Bonchev–Trinajstić information content (AvgIpc) is 3.21. The van der Waals surface area contributed by atoms with Crippen molar-refractivity contribution in [1.29, 1.82) is 0 Å². The van der Waals surface area contributed by atoms with Gasteiger partial charge < -0.3 is 4.98 Å². The molecule has 0 fully saturated rings. The average molecular weight is 356 g/mol. The zero-order chi connectivity index (χ0) is 16.5. The number of benzene rings is 1. The second-order valence-corrected chi connectivity index (χ2v) is 7.09. The standard InChI is InChI=1S/C17H14ClN5S/c1-11(24-17-21-15-7-2-3-8-23(15)22-17)16-19-10-14(20-16)12-5-4-6-13(18)9-12/h2-11H,1H3,(H,19,20). The van der Waals surface area contributed by atoms with E-state index in [1.165, 1.54) is 0 Å². The molecule has 4 aromatic rings. The molecule has 3 heterocycles. The van der Waals surface area contributed by atoms with Gasteiger partial charge in [-0.3, -0.25) is 0 Å². The molecule has 1 N–H and O–H groups in total. The summed E-state index contributed by atoms with van der Waals surface area (Å²) in [7, 11) is 0. The highest BCUT2D eigenvalue weighted by molar-refractivity contribution is 7.99. The van der Waals surface area contributed by atoms with Gasteiger partial charge in [0, 0.05) is 16.8 Å². The van der Waals surface area contributed by atoms with Crippen molar-refractivity contribution in [2.24, 2.45) is 0 Å². The van der Waals surface area contributed by atoms with Gasteiger partial charge >= 0.3 is 0 Å². The summed E-state index contributed by atoms with van der Waals surface area (Å²) >= 11 is 7.62. The number of aromatic nitrogens is 5. The van der Waals surface area contributed by atoms with E-state index < -0.39 is 0 Å². The molecule has 0 bridgehead atoms. The Morgan fingerprint density at radius 3 is 2.96 bits per heavy atom. The Bertz CT molecular complexity index is 960. The highest BCUT2D eigenvalue weighted by Crippen LogP contribution is 2.32. The van der Waals surface area contributed by atoms with Crippen LogP contribution in [0.4, 0.5) is 0 Å². The molecule has 7 heteroatoms. The lowest BCUT2D eigenvalue weighted by Crippen LogP contribution is -1.92. The van der Waals surface area contributed by atoms with E-state index in [0.29, 0.717) is 5.02 Å². The minimum absolute atomic E-state index is 0.107. The van der Waals surface area contributed by atoms with Gasteiger partial charge in [-0.15, -0.1) is 5.10 Å². The molecule has 5 nitrogen and oxygen atoms in total. The number of thioether (sulfide) groups is 1. The Kier molecular flexibility index (Phi) is 4.00. The second-order valence-electron chi connectivity index (χ2n) is 5.35. The number of H-pyrrole nitrogens is 1. The fourth-order valence-electron chi connectivity index (χ4n) is 2.42. The van der Waals surface area contributed by atoms with Gasteiger partial charge in [0.1, 0.15) is 5.82 Å². The molecule has 4 rings (SSSR count). The number of pyridine rings is 1. The number of fused-ring (bicyclic) bond motifs is 1. The van der Waals surface area contributed by atoms with Crippen molar-refractivity contribution in [3.63, 3.8) is 0 Å². The van der Waals surface area contributed by atoms with Crippen LogP contribution in [0.3, 0.4) is 0 Å². The number of nitrogens with one attached hydrogen (secondary N) is 1. The first-order valence-corrected chi connectivity index (χ1v) is 8.74. The minimum Gasteiger partial charge on any atom is -0.341 e. The molecule has 1 unspecified atom stereocenters. The van der Waals surface area contributed by atoms with Crippen LogP contribution in [0, 0.1) is 0 Å². The predicted octanol–water partition coefficient (Wildman–Crippen LogP) is 4.63. The first-order valence-electron chi connectivity index (χ1n) is 7.48. The van der Waals surface area contributed by atoms with Crippen LogP contribution >= 0.6 is 23.4 Å². The Labute approximate surface area is 148 Å². The van der Waals surface area contributed by atoms with Crippen molar-refractivity contribution in [1.82, 2.24) is 24.6 Å². The summed E-state index contributed by atoms with van der Waals surface area (Å²) in [5.74, 6) is 0.883. The lowest BCUT2D eigenvalue weighted by molar-refractivity contribution is 0.876. The zero-order valence-electron chi connectivity index (χ0n) is 12.8. The molecule has 0 amide bonds. The lowest BCUT2D eigenvalue weighted by atomic mass is 10.2. The molecule has 24 heavy (non-hydrogen) atoms. The highest BCUT2D eigenvalue weighted by Gasteiger charge is 2.15. The molecule has 3 aromatic heterocycles. The number of halogens is 1. The van der Waals surface area contributed by atoms with Crippen LogP contribution in [0.2, 0.25) is 5.02 Å². The first-order chi connectivity index (χ1) is 11.7. The van der Waals surface area contributed by atoms with E-state index >= 15 is 0 Å². The topological polar surface area (TPSA) is 58.9 Å². The van der Waals surface area contributed by atoms with Crippen LogP contribution in [0.1, 0.15) is 18.0 Å². The van der Waals surface area contributed by atoms with E-state index in [1.54, 1.807) is 16.3 Å². The van der Waals surface area contributed by atoms with Crippen LogP contribution < -0.4 is 0 Å². The predicted molar refractivity (Wildman–Crippen MR) is 96.3 cm³/mol. The maximum absolute atomic E-state index is 6.05. The van der Waals surface area contributed by atoms with Gasteiger partial charge in [0.05, 0.1) is 17.1 Å². The van der Waals surface area contributed by atoms with Crippen molar-refractivity contribution in [3.8, 4) is 11.3 Å². The third kappa shape index (κ3) is 3.02. The summed E-state index contributed by atoms with van der Waals surface area (Å²) < 4.78 is 1.77. The quantitative estimate of drug-likeness (QED) is 0.542. The molecule has 1 aromatic carbocycles. The molecule has 0 radical (unpaired) electrons. The summed E-state index contributed by atoms with van der Waals surface area (Å²) in [5, 5.41) is 6.01. The maximum Gasteiger partial charge on any atom is 0.210 e. The van der Waals surface area contributed by atoms with Crippen molar-refractivity contribution >= 4 is 29.0 Å². The Balaban J connectivity index is 1.55. The molecule has 0 aliphatic carbocycles. The van der Waals surface area contributed by atoms with E-state index in [4.69, 9.17) is 11.6 Å². The number of imidazole rings is 1. The molecule has 0 aliphatic rings. The van der Waals surface area contributed by atoms with Crippen molar-refractivity contribution in [2.75, 3.05) is 0 Å². The van der Waals surface area contributed by atoms with Crippen LogP contribution in [0.15, 0.2) is 60.0 Å². The van der Waals surface area contributed by atoms with E-state index in [2.05, 4.69) is 27.0 Å². The number of hydrogen-bond acceptors (Lipinski definition) is 4. The molecule has 0 spiro atoms. The molecule has 1 atom stereocenters. The van der Waals surface area contributed by atoms with Gasteiger partial charge in [0.2, 0.25) is 5.16 Å². The van der Waals surface area contributed by atoms with Crippen LogP contribution in [0.25, 0.3) is 16.9 Å². The smallest absolute Gasteiger partial charge is 0.210 e. The van der Waals surface area contributed by atoms with E-state index in [0.717, 1.165) is 27.9 Å².